The molecule has 0 heterocycles. The Hall–Kier alpha value is -0.350. The Morgan fingerprint density at radius 2 is 2.09 bits per heavy atom. The lowest BCUT2D eigenvalue weighted by Gasteiger charge is -2.02. The van der Waals surface area contributed by atoms with Gasteiger partial charge >= 0.3 is 0 Å². The van der Waals surface area contributed by atoms with E-state index >= 15 is 0 Å². The fraction of sp³-hybridized carbons (Fsp3) is 0.714. The van der Waals surface area contributed by atoms with Crippen molar-refractivity contribution in [1.82, 2.24) is 0 Å². The molecule has 0 saturated heterocycles. The van der Waals surface area contributed by atoms with E-state index in [0.29, 0.717) is 12.0 Å². The molecule has 4 heteroatoms. The summed E-state index contributed by atoms with van der Waals surface area (Å²) in [7, 11) is -3.34. The van der Waals surface area contributed by atoms with Gasteiger partial charge in [0.2, 0.25) is 0 Å². The van der Waals surface area contributed by atoms with Gasteiger partial charge in [-0.05, 0) is 13.3 Å². The average Bonchev–Trinajstić information content (AvgIpc) is 1.81. The van der Waals surface area contributed by atoms with Crippen molar-refractivity contribution >= 4 is 10.1 Å². The molecule has 0 spiro atoms. The van der Waals surface area contributed by atoms with Gasteiger partial charge in [-0.1, -0.05) is 19.1 Å². The molecule has 11 heavy (non-hydrogen) atoms. The lowest BCUT2D eigenvalue weighted by Crippen LogP contribution is -2.11. The summed E-state index contributed by atoms with van der Waals surface area (Å²) in [6.45, 7) is 7.27. The van der Waals surface area contributed by atoms with E-state index in [1.807, 2.05) is 6.92 Å². The Kier molecular flexibility index (Phi) is 4.37. The first-order chi connectivity index (χ1) is 4.98. The number of hydrogen-bond donors (Lipinski definition) is 0. The van der Waals surface area contributed by atoms with E-state index in [1.54, 1.807) is 6.92 Å². The molecule has 0 bridgehead atoms. The summed E-state index contributed by atoms with van der Waals surface area (Å²) in [5, 5.41) is 0. The second-order valence-corrected chi connectivity index (χ2v) is 4.12. The van der Waals surface area contributed by atoms with Crippen LogP contribution in [0.3, 0.4) is 0 Å². The average molecular weight is 178 g/mol. The van der Waals surface area contributed by atoms with Gasteiger partial charge in [-0.25, -0.2) is 0 Å². The second kappa shape index (κ2) is 4.51. The molecule has 66 valence electrons. The molecule has 0 aromatic rings. The summed E-state index contributed by atoms with van der Waals surface area (Å²) in [5.74, 6) is -0.0764. The van der Waals surface area contributed by atoms with E-state index in [2.05, 4.69) is 10.8 Å². The zero-order valence-corrected chi connectivity index (χ0v) is 7.78. The van der Waals surface area contributed by atoms with Gasteiger partial charge in [0, 0.05) is 0 Å². The van der Waals surface area contributed by atoms with Crippen LogP contribution in [-0.2, 0) is 14.3 Å². The third kappa shape index (κ3) is 6.06. The normalized spacial score (nSPS) is 11.5. The molecule has 0 saturated carbocycles. The van der Waals surface area contributed by atoms with Crippen molar-refractivity contribution in [2.24, 2.45) is 0 Å². The minimum Gasteiger partial charge on any atom is -0.270 e. The smallest absolute Gasteiger partial charge is 0.270 e. The summed E-state index contributed by atoms with van der Waals surface area (Å²) in [5.41, 5.74) is 0.598. The van der Waals surface area contributed by atoms with Crippen LogP contribution in [0.2, 0.25) is 0 Å². The van der Waals surface area contributed by atoms with Crippen molar-refractivity contribution in [3.05, 3.63) is 12.2 Å². The van der Waals surface area contributed by atoms with E-state index < -0.39 is 10.1 Å². The van der Waals surface area contributed by atoms with Crippen molar-refractivity contribution in [2.75, 3.05) is 12.4 Å². The zero-order valence-electron chi connectivity index (χ0n) is 6.96. The quantitative estimate of drug-likeness (QED) is 0.471. The highest BCUT2D eigenvalue weighted by molar-refractivity contribution is 7.86. The van der Waals surface area contributed by atoms with Crippen molar-refractivity contribution in [3.8, 4) is 0 Å². The molecule has 0 aliphatic rings. The van der Waals surface area contributed by atoms with Gasteiger partial charge in [0.05, 0.1) is 12.4 Å². The third-order valence-corrected chi connectivity index (χ3v) is 2.26. The predicted octanol–water partition coefficient (Wildman–Crippen LogP) is 1.32. The molecule has 0 unspecified atom stereocenters. The predicted molar refractivity (Wildman–Crippen MR) is 44.8 cm³/mol. The minimum atomic E-state index is -3.34. The van der Waals surface area contributed by atoms with Crippen LogP contribution in [0.25, 0.3) is 0 Å². The number of hydrogen-bond acceptors (Lipinski definition) is 3. The second-order valence-electron chi connectivity index (χ2n) is 2.48. The largest absolute Gasteiger partial charge is 0.271 e. The first kappa shape index (κ1) is 10.7. The summed E-state index contributed by atoms with van der Waals surface area (Å²) in [4.78, 5) is 0. The zero-order chi connectivity index (χ0) is 8.91. The van der Waals surface area contributed by atoms with Gasteiger partial charge in [-0.3, -0.25) is 4.18 Å². The van der Waals surface area contributed by atoms with E-state index in [0.717, 1.165) is 0 Å². The van der Waals surface area contributed by atoms with Crippen LogP contribution in [0.5, 0.6) is 0 Å². The van der Waals surface area contributed by atoms with Crippen LogP contribution >= 0.6 is 0 Å². The maximum atomic E-state index is 10.9. The van der Waals surface area contributed by atoms with Crippen LogP contribution in [0.1, 0.15) is 20.3 Å². The van der Waals surface area contributed by atoms with Crippen LogP contribution in [0.4, 0.5) is 0 Å². The van der Waals surface area contributed by atoms with Gasteiger partial charge in [0.25, 0.3) is 10.1 Å². The monoisotopic (exact) mass is 178 g/mol. The SMILES string of the molecule is C=C(C)CS(=O)(=O)OCCC. The first-order valence-electron chi connectivity index (χ1n) is 3.49. The maximum Gasteiger partial charge on any atom is 0.271 e. The van der Waals surface area contributed by atoms with Crippen LogP contribution in [-0.4, -0.2) is 20.8 Å². The summed E-state index contributed by atoms with van der Waals surface area (Å²) >= 11 is 0. The molecule has 0 aliphatic heterocycles. The first-order valence-corrected chi connectivity index (χ1v) is 5.07. The number of rotatable bonds is 5. The molecule has 0 aromatic heterocycles. The Morgan fingerprint density at radius 3 is 2.45 bits per heavy atom. The standard InChI is InChI=1S/C7H14O3S/c1-4-5-10-11(8,9)6-7(2)3/h2,4-6H2,1,3H3. The molecule has 0 N–H and O–H groups in total. The highest BCUT2D eigenvalue weighted by Gasteiger charge is 2.09. The fourth-order valence-corrected chi connectivity index (χ4v) is 1.66. The summed E-state index contributed by atoms with van der Waals surface area (Å²) in [6.07, 6.45) is 0.704. The van der Waals surface area contributed by atoms with Gasteiger partial charge in [-0.15, -0.1) is 0 Å². The molecule has 0 radical (unpaired) electrons. The Bertz CT molecular complexity index is 216. The molecule has 0 aromatic carbocycles. The highest BCUT2D eigenvalue weighted by Crippen LogP contribution is 2.00. The topological polar surface area (TPSA) is 43.4 Å². The van der Waals surface area contributed by atoms with Crippen LogP contribution in [0.15, 0.2) is 12.2 Å². The molecule has 0 aliphatic carbocycles. The van der Waals surface area contributed by atoms with E-state index in [-0.39, 0.29) is 12.4 Å². The molecule has 0 fully saturated rings. The van der Waals surface area contributed by atoms with E-state index in [4.69, 9.17) is 0 Å². The molecule has 0 amide bonds. The molecular formula is C7H14O3S. The lowest BCUT2D eigenvalue weighted by atomic mass is 10.4. The Morgan fingerprint density at radius 1 is 1.55 bits per heavy atom. The van der Waals surface area contributed by atoms with Gasteiger partial charge in [0.1, 0.15) is 0 Å². The lowest BCUT2D eigenvalue weighted by molar-refractivity contribution is 0.319. The molecule has 3 nitrogen and oxygen atoms in total. The van der Waals surface area contributed by atoms with E-state index in [1.165, 1.54) is 0 Å². The van der Waals surface area contributed by atoms with Crippen LogP contribution < -0.4 is 0 Å². The molecule has 0 rings (SSSR count). The third-order valence-electron chi connectivity index (χ3n) is 0.890. The van der Waals surface area contributed by atoms with Crippen LogP contribution in [0, 0.1) is 0 Å². The van der Waals surface area contributed by atoms with E-state index in [9.17, 15) is 8.42 Å². The Balaban J connectivity index is 3.92. The van der Waals surface area contributed by atoms with Crippen molar-refractivity contribution in [2.45, 2.75) is 20.3 Å². The van der Waals surface area contributed by atoms with Gasteiger partial charge < -0.3 is 0 Å². The summed E-state index contributed by atoms with van der Waals surface area (Å²) < 4.78 is 26.4. The van der Waals surface area contributed by atoms with Gasteiger partial charge in [0.15, 0.2) is 0 Å². The Labute approximate surface area is 68.2 Å². The van der Waals surface area contributed by atoms with Crippen molar-refractivity contribution < 1.29 is 12.6 Å². The molecular weight excluding hydrogens is 164 g/mol. The summed E-state index contributed by atoms with van der Waals surface area (Å²) in [6, 6.07) is 0. The van der Waals surface area contributed by atoms with Crippen molar-refractivity contribution in [1.29, 1.82) is 0 Å². The van der Waals surface area contributed by atoms with Gasteiger partial charge in [-0.2, -0.15) is 8.42 Å². The molecule has 0 atom stereocenters. The maximum absolute atomic E-state index is 10.9. The van der Waals surface area contributed by atoms with Crippen molar-refractivity contribution in [3.63, 3.8) is 0 Å². The minimum absolute atomic E-state index is 0.0764. The fourth-order valence-electron chi connectivity index (χ4n) is 0.554. The highest BCUT2D eigenvalue weighted by atomic mass is 32.2.